The highest BCUT2D eigenvalue weighted by Gasteiger charge is 2.21. The number of pyridine rings is 1. The van der Waals surface area contributed by atoms with Crippen LogP contribution in [0, 0.1) is 0 Å². The zero-order valence-electron chi connectivity index (χ0n) is 9.02. The second-order valence-electron chi connectivity index (χ2n) is 3.47. The number of aromatic hydroxyl groups is 1. The van der Waals surface area contributed by atoms with Crippen molar-refractivity contribution in [3.8, 4) is 5.75 Å². The molecule has 0 bridgehead atoms. The monoisotopic (exact) mass is 239 g/mol. The van der Waals surface area contributed by atoms with Crippen molar-refractivity contribution in [3.05, 3.63) is 23.0 Å². The number of nitrogens with zero attached hydrogens (tertiary/aromatic N) is 1. The molecule has 0 saturated carbocycles. The highest BCUT2D eigenvalue weighted by Crippen LogP contribution is 2.32. The van der Waals surface area contributed by atoms with Crippen LogP contribution in [-0.4, -0.2) is 28.4 Å². The molecular weight excluding hydrogens is 226 g/mol. The van der Waals surface area contributed by atoms with E-state index in [2.05, 4.69) is 4.98 Å². The van der Waals surface area contributed by atoms with Gasteiger partial charge in [-0.05, 0) is 19.1 Å². The van der Waals surface area contributed by atoms with E-state index >= 15 is 0 Å². The van der Waals surface area contributed by atoms with Gasteiger partial charge in [0.1, 0.15) is 11.3 Å². The van der Waals surface area contributed by atoms with Crippen LogP contribution in [0.4, 0.5) is 0 Å². The standard InChI is InChI=1S/C11H13NO3S/c1-2-15-11(14)7-5-12-9-3-4-16-6-8(9)10(7)13/h5H,2-4,6H2,1H3,(H,12,13). The quantitative estimate of drug-likeness (QED) is 0.797. The third kappa shape index (κ3) is 2.00. The SMILES string of the molecule is CCOC(=O)c1cnc2c(c1O)CSCC2. The van der Waals surface area contributed by atoms with Gasteiger partial charge in [-0.25, -0.2) is 4.79 Å². The summed E-state index contributed by atoms with van der Waals surface area (Å²) >= 11 is 1.73. The van der Waals surface area contributed by atoms with Crippen LogP contribution in [0.5, 0.6) is 5.75 Å². The number of hydrogen-bond donors (Lipinski definition) is 1. The summed E-state index contributed by atoms with van der Waals surface area (Å²) in [6.07, 6.45) is 2.25. The largest absolute Gasteiger partial charge is 0.507 e. The lowest BCUT2D eigenvalue weighted by molar-refractivity contribution is 0.0522. The molecule has 0 aliphatic carbocycles. The third-order valence-electron chi connectivity index (χ3n) is 2.46. The van der Waals surface area contributed by atoms with Crippen LogP contribution in [0.2, 0.25) is 0 Å². The summed E-state index contributed by atoms with van der Waals surface area (Å²) in [6, 6.07) is 0. The molecule has 1 aliphatic heterocycles. The number of carbonyl (C=O) groups is 1. The second kappa shape index (κ2) is 4.74. The van der Waals surface area contributed by atoms with Gasteiger partial charge in [-0.3, -0.25) is 4.98 Å². The van der Waals surface area contributed by atoms with Crippen molar-refractivity contribution >= 4 is 17.7 Å². The molecule has 0 atom stereocenters. The molecule has 16 heavy (non-hydrogen) atoms. The van der Waals surface area contributed by atoms with Crippen molar-refractivity contribution in [2.24, 2.45) is 0 Å². The number of thioether (sulfide) groups is 1. The fraction of sp³-hybridized carbons (Fsp3) is 0.455. The summed E-state index contributed by atoms with van der Waals surface area (Å²) in [7, 11) is 0. The fourth-order valence-corrected chi connectivity index (χ4v) is 2.64. The van der Waals surface area contributed by atoms with Gasteiger partial charge in [0.25, 0.3) is 0 Å². The Morgan fingerprint density at radius 3 is 3.25 bits per heavy atom. The number of rotatable bonds is 2. The number of esters is 1. The van der Waals surface area contributed by atoms with Crippen LogP contribution >= 0.6 is 11.8 Å². The van der Waals surface area contributed by atoms with Gasteiger partial charge in [0, 0.05) is 23.2 Å². The lowest BCUT2D eigenvalue weighted by atomic mass is 10.1. The van der Waals surface area contributed by atoms with Crippen LogP contribution in [0.25, 0.3) is 0 Å². The van der Waals surface area contributed by atoms with E-state index < -0.39 is 5.97 Å². The molecule has 1 aromatic rings. The Morgan fingerprint density at radius 1 is 1.69 bits per heavy atom. The van der Waals surface area contributed by atoms with E-state index in [1.807, 2.05) is 0 Å². The summed E-state index contributed by atoms with van der Waals surface area (Å²) in [5, 5.41) is 9.98. The van der Waals surface area contributed by atoms with Gasteiger partial charge in [-0.1, -0.05) is 0 Å². The lowest BCUT2D eigenvalue weighted by Gasteiger charge is -2.16. The van der Waals surface area contributed by atoms with Gasteiger partial charge in [0.15, 0.2) is 0 Å². The Labute approximate surface area is 98.0 Å². The molecule has 0 unspecified atom stereocenters. The van der Waals surface area contributed by atoms with E-state index in [-0.39, 0.29) is 11.3 Å². The maximum absolute atomic E-state index is 11.5. The van der Waals surface area contributed by atoms with Crippen LogP contribution in [0.3, 0.4) is 0 Å². The summed E-state index contributed by atoms with van der Waals surface area (Å²) in [5.74, 6) is 1.25. The van der Waals surface area contributed by atoms with Crippen LogP contribution in [0.1, 0.15) is 28.5 Å². The smallest absolute Gasteiger partial charge is 0.343 e. The normalized spacial score (nSPS) is 14.3. The van der Waals surface area contributed by atoms with E-state index in [0.29, 0.717) is 12.4 Å². The van der Waals surface area contributed by atoms with Crippen molar-refractivity contribution < 1.29 is 14.6 Å². The van der Waals surface area contributed by atoms with Gasteiger partial charge in [-0.15, -0.1) is 0 Å². The van der Waals surface area contributed by atoms with Crippen LogP contribution in [0.15, 0.2) is 6.20 Å². The molecule has 1 N–H and O–H groups in total. The molecule has 0 aromatic carbocycles. The Hall–Kier alpha value is -1.23. The first-order valence-corrected chi connectivity index (χ1v) is 6.34. The second-order valence-corrected chi connectivity index (χ2v) is 4.57. The molecule has 2 heterocycles. The first kappa shape index (κ1) is 11.3. The van der Waals surface area contributed by atoms with E-state index in [1.165, 1.54) is 6.20 Å². The Kier molecular flexibility index (Phi) is 3.33. The Balaban J connectivity index is 2.37. The number of aromatic nitrogens is 1. The Morgan fingerprint density at radius 2 is 2.50 bits per heavy atom. The van der Waals surface area contributed by atoms with E-state index in [1.54, 1.807) is 18.7 Å². The number of hydrogen-bond acceptors (Lipinski definition) is 5. The van der Waals surface area contributed by atoms with E-state index in [4.69, 9.17) is 4.74 Å². The number of aryl methyl sites for hydroxylation is 1. The van der Waals surface area contributed by atoms with Gasteiger partial charge < -0.3 is 9.84 Å². The van der Waals surface area contributed by atoms with Crippen LogP contribution < -0.4 is 0 Å². The number of ether oxygens (including phenoxy) is 1. The maximum atomic E-state index is 11.5. The third-order valence-corrected chi connectivity index (χ3v) is 3.45. The predicted octanol–water partition coefficient (Wildman–Crippen LogP) is 1.75. The molecule has 1 aromatic heterocycles. The van der Waals surface area contributed by atoms with Gasteiger partial charge in [0.05, 0.1) is 6.61 Å². The lowest BCUT2D eigenvalue weighted by Crippen LogP contribution is -2.11. The highest BCUT2D eigenvalue weighted by molar-refractivity contribution is 7.98. The van der Waals surface area contributed by atoms with E-state index in [0.717, 1.165) is 23.4 Å². The molecule has 0 amide bonds. The highest BCUT2D eigenvalue weighted by atomic mass is 32.2. The molecule has 0 radical (unpaired) electrons. The molecule has 2 rings (SSSR count). The van der Waals surface area contributed by atoms with Gasteiger partial charge in [0.2, 0.25) is 0 Å². The van der Waals surface area contributed by atoms with E-state index in [9.17, 15) is 9.90 Å². The minimum absolute atomic E-state index is 0.0376. The fourth-order valence-electron chi connectivity index (χ4n) is 1.65. The van der Waals surface area contributed by atoms with Crippen molar-refractivity contribution in [2.75, 3.05) is 12.4 Å². The average molecular weight is 239 g/mol. The summed E-state index contributed by atoms with van der Waals surface area (Å²) in [4.78, 5) is 15.7. The zero-order chi connectivity index (χ0) is 11.5. The van der Waals surface area contributed by atoms with Gasteiger partial charge in [-0.2, -0.15) is 11.8 Å². The minimum atomic E-state index is -0.508. The van der Waals surface area contributed by atoms with Crippen LogP contribution in [-0.2, 0) is 16.9 Å². The molecular formula is C11H13NO3S. The maximum Gasteiger partial charge on any atom is 0.343 e. The molecule has 0 spiro atoms. The molecule has 5 heteroatoms. The molecule has 86 valence electrons. The summed E-state index contributed by atoms with van der Waals surface area (Å²) < 4.78 is 4.85. The average Bonchev–Trinajstić information content (AvgIpc) is 2.30. The van der Waals surface area contributed by atoms with Crippen molar-refractivity contribution in [2.45, 2.75) is 19.1 Å². The Bertz CT molecular complexity index is 420. The van der Waals surface area contributed by atoms with Crippen molar-refractivity contribution in [3.63, 3.8) is 0 Å². The first-order valence-electron chi connectivity index (χ1n) is 5.18. The number of carbonyl (C=O) groups excluding carboxylic acids is 1. The summed E-state index contributed by atoms with van der Waals surface area (Å²) in [5.41, 5.74) is 1.84. The van der Waals surface area contributed by atoms with Gasteiger partial charge >= 0.3 is 5.97 Å². The van der Waals surface area contributed by atoms with Crippen molar-refractivity contribution in [1.82, 2.24) is 4.98 Å². The first-order chi connectivity index (χ1) is 7.74. The summed E-state index contributed by atoms with van der Waals surface area (Å²) in [6.45, 7) is 2.03. The number of fused-ring (bicyclic) bond motifs is 1. The molecule has 1 aliphatic rings. The molecule has 4 nitrogen and oxygen atoms in total. The van der Waals surface area contributed by atoms with Crippen molar-refractivity contribution in [1.29, 1.82) is 0 Å². The zero-order valence-corrected chi connectivity index (χ0v) is 9.84. The topological polar surface area (TPSA) is 59.4 Å². The predicted molar refractivity (Wildman–Crippen MR) is 61.7 cm³/mol. The molecule has 0 saturated heterocycles. The minimum Gasteiger partial charge on any atom is -0.507 e. The molecule has 0 fully saturated rings.